The second-order valence-corrected chi connectivity index (χ2v) is 8.62. The molecule has 0 saturated carbocycles. The lowest BCUT2D eigenvalue weighted by molar-refractivity contribution is -0.145. The maximum atomic E-state index is 11.7. The summed E-state index contributed by atoms with van der Waals surface area (Å²) in [6.45, 7) is 7.58. The molecular weight excluding hydrogens is 484 g/mol. The molecule has 0 atom stereocenters. The Hall–Kier alpha value is -1.30. The molecule has 1 N–H and O–H groups in total. The van der Waals surface area contributed by atoms with Crippen molar-refractivity contribution in [3.05, 3.63) is 0 Å². The van der Waals surface area contributed by atoms with Crippen LogP contribution in [-0.2, 0) is 42.7 Å². The molecule has 0 aliphatic heterocycles. The third kappa shape index (κ3) is 32.7. The van der Waals surface area contributed by atoms with E-state index in [-0.39, 0.29) is 25.6 Å². The van der Waals surface area contributed by atoms with Gasteiger partial charge < -0.3 is 38.3 Å². The van der Waals surface area contributed by atoms with Crippen molar-refractivity contribution in [1.82, 2.24) is 0 Å². The summed E-state index contributed by atoms with van der Waals surface area (Å²) < 4.78 is 37.2. The van der Waals surface area contributed by atoms with Gasteiger partial charge in [0, 0.05) is 6.42 Å². The van der Waals surface area contributed by atoms with Crippen molar-refractivity contribution < 1.29 is 47.9 Å². The van der Waals surface area contributed by atoms with Gasteiger partial charge in [-0.2, -0.15) is 0 Å². The van der Waals surface area contributed by atoms with Gasteiger partial charge in [-0.15, -0.1) is 0 Å². The number of esters is 1. The number of hydrogen-bond donors (Lipinski definition) is 1. The summed E-state index contributed by atoms with van der Waals surface area (Å²) in [7, 11) is 0. The molecule has 0 radical (unpaired) electrons. The lowest BCUT2D eigenvalue weighted by Gasteiger charge is -2.08. The van der Waals surface area contributed by atoms with Crippen LogP contribution in [0.1, 0.15) is 77.6 Å². The fourth-order valence-corrected chi connectivity index (χ4v) is 3.23. The van der Waals surface area contributed by atoms with Crippen LogP contribution in [0.2, 0.25) is 0 Å². The molecule has 0 bridgehead atoms. The second kappa shape index (κ2) is 30.9. The van der Waals surface area contributed by atoms with Crippen LogP contribution in [0.25, 0.3) is 0 Å². The largest absolute Gasteiger partial charge is 0.481 e. The molecule has 0 heterocycles. The van der Waals surface area contributed by atoms with E-state index in [1.54, 1.807) is 0 Å². The van der Waals surface area contributed by atoms with Gasteiger partial charge in [0.05, 0.1) is 85.7 Å². The number of carbonyl (C=O) groups excluding carboxylic acids is 1. The third-order valence-corrected chi connectivity index (χ3v) is 5.30. The van der Waals surface area contributed by atoms with Crippen LogP contribution in [0.3, 0.4) is 0 Å². The molecule has 10 heteroatoms. The minimum Gasteiger partial charge on any atom is -0.481 e. The average molecular weight is 537 g/mol. The lowest BCUT2D eigenvalue weighted by atomic mass is 10.1. The highest BCUT2D eigenvalue weighted by molar-refractivity contribution is 5.69. The summed E-state index contributed by atoms with van der Waals surface area (Å²) in [5, 5.41) is 8.47. The molecule has 0 aromatic carbocycles. The Balaban J connectivity index is 3.13. The van der Waals surface area contributed by atoms with Crippen molar-refractivity contribution in [3.63, 3.8) is 0 Å². The van der Waals surface area contributed by atoms with Crippen molar-refractivity contribution in [1.29, 1.82) is 0 Å². The van der Waals surface area contributed by atoms with Crippen LogP contribution >= 0.6 is 0 Å². The Morgan fingerprint density at radius 3 is 1.22 bits per heavy atom. The van der Waals surface area contributed by atoms with Crippen LogP contribution in [0.5, 0.6) is 0 Å². The van der Waals surface area contributed by atoms with Crippen molar-refractivity contribution in [2.75, 3.05) is 85.9 Å². The number of carboxylic acids is 1. The highest BCUT2D eigenvalue weighted by Gasteiger charge is 2.03. The van der Waals surface area contributed by atoms with E-state index in [1.807, 2.05) is 0 Å². The lowest BCUT2D eigenvalue weighted by Crippen LogP contribution is -2.15. The Morgan fingerprint density at radius 2 is 0.811 bits per heavy atom. The van der Waals surface area contributed by atoms with E-state index in [4.69, 9.17) is 38.3 Å². The van der Waals surface area contributed by atoms with E-state index in [1.165, 1.54) is 44.9 Å². The number of carbonyl (C=O) groups is 2. The summed E-state index contributed by atoms with van der Waals surface area (Å²) in [5.74, 6) is -1.02. The zero-order chi connectivity index (χ0) is 27.1. The van der Waals surface area contributed by atoms with Gasteiger partial charge in [-0.3, -0.25) is 9.59 Å². The molecule has 0 aliphatic rings. The monoisotopic (exact) mass is 536 g/mol. The predicted octanol–water partition coefficient (Wildman–Crippen LogP) is 4.02. The summed E-state index contributed by atoms with van der Waals surface area (Å²) >= 11 is 0. The van der Waals surface area contributed by atoms with Gasteiger partial charge in [0.15, 0.2) is 0 Å². The molecular formula is C27H52O10. The molecule has 0 spiro atoms. The van der Waals surface area contributed by atoms with Crippen molar-refractivity contribution in [2.24, 2.45) is 0 Å². The molecule has 0 aromatic heterocycles. The quantitative estimate of drug-likeness (QED) is 0.103. The first kappa shape index (κ1) is 35.7. The third-order valence-electron chi connectivity index (χ3n) is 5.30. The zero-order valence-electron chi connectivity index (χ0n) is 23.1. The van der Waals surface area contributed by atoms with E-state index in [0.29, 0.717) is 79.1 Å². The number of aliphatic carboxylic acids is 1. The highest BCUT2D eigenvalue weighted by atomic mass is 16.6. The molecule has 0 unspecified atom stereocenters. The highest BCUT2D eigenvalue weighted by Crippen LogP contribution is 2.10. The number of carboxylic acid groups (broad SMARTS) is 1. The van der Waals surface area contributed by atoms with Gasteiger partial charge in [0.25, 0.3) is 0 Å². The van der Waals surface area contributed by atoms with Crippen molar-refractivity contribution in [3.8, 4) is 0 Å². The Labute approximate surface area is 223 Å². The van der Waals surface area contributed by atoms with Gasteiger partial charge in [-0.25, -0.2) is 0 Å². The molecule has 0 fully saturated rings. The maximum Gasteiger partial charge on any atom is 0.305 e. The number of rotatable bonds is 31. The molecule has 0 aliphatic carbocycles. The van der Waals surface area contributed by atoms with Crippen LogP contribution in [-0.4, -0.2) is 103 Å². The molecule has 0 saturated heterocycles. The van der Waals surface area contributed by atoms with Gasteiger partial charge in [-0.1, -0.05) is 58.3 Å². The summed E-state index contributed by atoms with van der Waals surface area (Å²) in [6.07, 6.45) is 11.6. The van der Waals surface area contributed by atoms with Crippen LogP contribution in [0, 0.1) is 0 Å². The van der Waals surface area contributed by atoms with E-state index >= 15 is 0 Å². The van der Waals surface area contributed by atoms with E-state index < -0.39 is 5.97 Å². The standard InChI is InChI=1S/C27H52O10/c1-2-3-4-5-6-7-8-9-10-11-27(30)37-25-24-36-23-22-35-21-20-34-19-18-33-17-16-32-15-14-31-13-12-26(28)29/h2-25H2,1H3,(H,28,29). The van der Waals surface area contributed by atoms with Crippen molar-refractivity contribution in [2.45, 2.75) is 77.6 Å². The molecule has 37 heavy (non-hydrogen) atoms. The van der Waals surface area contributed by atoms with E-state index in [2.05, 4.69) is 6.92 Å². The van der Waals surface area contributed by atoms with Crippen LogP contribution in [0.4, 0.5) is 0 Å². The first-order valence-corrected chi connectivity index (χ1v) is 14.0. The predicted molar refractivity (Wildman–Crippen MR) is 140 cm³/mol. The summed E-state index contributed by atoms with van der Waals surface area (Å²) in [5.41, 5.74) is 0. The minimum atomic E-state index is -0.872. The van der Waals surface area contributed by atoms with Crippen molar-refractivity contribution >= 4 is 11.9 Å². The van der Waals surface area contributed by atoms with Gasteiger partial charge in [0.2, 0.25) is 0 Å². The first-order chi connectivity index (χ1) is 18.2. The number of ether oxygens (including phenoxy) is 7. The fourth-order valence-electron chi connectivity index (χ4n) is 3.23. The maximum absolute atomic E-state index is 11.7. The minimum absolute atomic E-state index is 0.0000669. The van der Waals surface area contributed by atoms with Crippen LogP contribution < -0.4 is 0 Å². The normalized spacial score (nSPS) is 11.2. The molecule has 0 aromatic rings. The zero-order valence-corrected chi connectivity index (χ0v) is 23.1. The fraction of sp³-hybridized carbons (Fsp3) is 0.926. The topological polar surface area (TPSA) is 119 Å². The van der Waals surface area contributed by atoms with E-state index in [9.17, 15) is 9.59 Å². The molecule has 220 valence electrons. The second-order valence-electron chi connectivity index (χ2n) is 8.62. The van der Waals surface area contributed by atoms with Gasteiger partial charge in [0.1, 0.15) is 6.61 Å². The summed E-state index contributed by atoms with van der Waals surface area (Å²) in [6, 6.07) is 0. The average Bonchev–Trinajstić information content (AvgIpc) is 2.88. The first-order valence-electron chi connectivity index (χ1n) is 14.0. The van der Waals surface area contributed by atoms with E-state index in [0.717, 1.165) is 12.8 Å². The van der Waals surface area contributed by atoms with Crippen LogP contribution in [0.15, 0.2) is 0 Å². The summed E-state index contributed by atoms with van der Waals surface area (Å²) in [4.78, 5) is 22.0. The van der Waals surface area contributed by atoms with Gasteiger partial charge in [-0.05, 0) is 6.42 Å². The Morgan fingerprint density at radius 1 is 0.459 bits per heavy atom. The Kier molecular flexibility index (Phi) is 29.8. The smallest absolute Gasteiger partial charge is 0.305 e. The molecule has 0 amide bonds. The number of unbranched alkanes of at least 4 members (excludes halogenated alkanes) is 8. The van der Waals surface area contributed by atoms with Gasteiger partial charge >= 0.3 is 11.9 Å². The number of hydrogen-bond acceptors (Lipinski definition) is 9. The Bertz CT molecular complexity index is 490. The SMILES string of the molecule is CCCCCCCCCCCC(=O)OCCOCCOCCOCCOCCOCCOCCC(=O)O. The molecule has 0 rings (SSSR count). The molecule has 10 nitrogen and oxygen atoms in total.